The molecule has 128 valence electrons. The number of hydrogen-bond acceptors (Lipinski definition) is 3. The Kier molecular flexibility index (Phi) is 3.70. The summed E-state index contributed by atoms with van der Waals surface area (Å²) in [5.41, 5.74) is -0.203. The third-order valence-corrected chi connectivity index (χ3v) is 6.76. The molecular weight excluding hydrogens is 286 g/mol. The monoisotopic (exact) mass is 317 g/mol. The SMILES string of the molecule is CC(C)(O)C1=NC=C[C@]2(O)C(=C1)CC[C@H]1C(C)(C)CCC[C@@]12C. The van der Waals surface area contributed by atoms with Crippen LogP contribution < -0.4 is 0 Å². The van der Waals surface area contributed by atoms with Crippen LogP contribution >= 0.6 is 0 Å². The summed E-state index contributed by atoms with van der Waals surface area (Å²) in [6.07, 6.45) is 10.9. The number of hydrogen-bond donors (Lipinski definition) is 2. The normalized spacial score (nSPS) is 39.7. The van der Waals surface area contributed by atoms with Crippen molar-refractivity contribution in [3.63, 3.8) is 0 Å². The molecule has 2 N–H and O–H groups in total. The fourth-order valence-corrected chi connectivity index (χ4v) is 5.39. The number of fused-ring (bicyclic) bond motifs is 3. The molecule has 0 aromatic heterocycles. The second-order valence-electron chi connectivity index (χ2n) is 9.18. The molecule has 2 aliphatic carbocycles. The van der Waals surface area contributed by atoms with Crippen molar-refractivity contribution in [2.24, 2.45) is 21.7 Å². The highest BCUT2D eigenvalue weighted by atomic mass is 16.3. The smallest absolute Gasteiger partial charge is 0.111 e. The van der Waals surface area contributed by atoms with Gasteiger partial charge in [-0.15, -0.1) is 0 Å². The maximum absolute atomic E-state index is 11.7. The van der Waals surface area contributed by atoms with Gasteiger partial charge in [-0.25, -0.2) is 0 Å². The van der Waals surface area contributed by atoms with Crippen LogP contribution in [0.15, 0.2) is 28.9 Å². The lowest BCUT2D eigenvalue weighted by Gasteiger charge is -2.60. The lowest BCUT2D eigenvalue weighted by Crippen LogP contribution is -2.59. The van der Waals surface area contributed by atoms with E-state index in [1.165, 1.54) is 6.42 Å². The third-order valence-electron chi connectivity index (χ3n) is 6.76. The fraction of sp³-hybridized carbons (Fsp3) is 0.750. The number of aliphatic hydroxyl groups is 2. The van der Waals surface area contributed by atoms with Gasteiger partial charge in [0.25, 0.3) is 0 Å². The zero-order chi connectivity index (χ0) is 17.1. The Bertz CT molecular complexity index is 593. The number of rotatable bonds is 1. The maximum atomic E-state index is 11.7. The molecule has 3 atom stereocenters. The van der Waals surface area contributed by atoms with Crippen molar-refractivity contribution in [2.75, 3.05) is 0 Å². The lowest BCUT2D eigenvalue weighted by molar-refractivity contribution is -0.129. The molecule has 2 saturated carbocycles. The summed E-state index contributed by atoms with van der Waals surface area (Å²) < 4.78 is 0. The van der Waals surface area contributed by atoms with Gasteiger partial charge < -0.3 is 10.2 Å². The van der Waals surface area contributed by atoms with Crippen LogP contribution in [-0.2, 0) is 0 Å². The lowest BCUT2D eigenvalue weighted by atomic mass is 9.46. The average Bonchev–Trinajstić information content (AvgIpc) is 2.58. The Balaban J connectivity index is 2.09. The van der Waals surface area contributed by atoms with Gasteiger partial charge in [-0.2, -0.15) is 0 Å². The van der Waals surface area contributed by atoms with Crippen molar-refractivity contribution in [1.82, 2.24) is 0 Å². The summed E-state index contributed by atoms with van der Waals surface area (Å²) in [6, 6.07) is 0. The van der Waals surface area contributed by atoms with Crippen LogP contribution in [0.2, 0.25) is 0 Å². The standard InChI is InChI=1S/C20H31NO2/c1-17(2)9-6-10-19(5)15(17)8-7-14-13-16(18(3,4)22)21-12-11-20(14,19)23/h11-13,15,22-23H,6-10H2,1-5H3/t15-,19-,20-/m0/s1. The van der Waals surface area contributed by atoms with E-state index < -0.39 is 11.2 Å². The zero-order valence-electron chi connectivity index (χ0n) is 15.2. The van der Waals surface area contributed by atoms with Crippen molar-refractivity contribution < 1.29 is 10.2 Å². The van der Waals surface area contributed by atoms with Crippen LogP contribution in [0.4, 0.5) is 0 Å². The topological polar surface area (TPSA) is 52.8 Å². The van der Waals surface area contributed by atoms with Crippen LogP contribution in [0.5, 0.6) is 0 Å². The third kappa shape index (κ3) is 2.44. The Morgan fingerprint density at radius 2 is 1.91 bits per heavy atom. The molecule has 3 nitrogen and oxygen atoms in total. The molecule has 3 rings (SSSR count). The van der Waals surface area contributed by atoms with Crippen LogP contribution in [0.3, 0.4) is 0 Å². The van der Waals surface area contributed by atoms with Gasteiger partial charge in [-0.05, 0) is 68.6 Å². The van der Waals surface area contributed by atoms with Gasteiger partial charge in [-0.3, -0.25) is 4.99 Å². The second-order valence-corrected chi connectivity index (χ2v) is 9.18. The van der Waals surface area contributed by atoms with E-state index in [1.807, 2.05) is 12.2 Å². The van der Waals surface area contributed by atoms with Crippen molar-refractivity contribution in [3.8, 4) is 0 Å². The molecule has 0 aromatic carbocycles. The Hall–Kier alpha value is -0.930. The zero-order valence-corrected chi connectivity index (χ0v) is 15.2. The van der Waals surface area contributed by atoms with Gasteiger partial charge in [0.1, 0.15) is 11.2 Å². The highest BCUT2D eigenvalue weighted by Gasteiger charge is 2.60. The van der Waals surface area contributed by atoms with Gasteiger partial charge in [0.2, 0.25) is 0 Å². The van der Waals surface area contributed by atoms with Crippen LogP contribution in [-0.4, -0.2) is 27.1 Å². The first kappa shape index (κ1) is 16.9. The minimum atomic E-state index is -0.994. The molecule has 1 heterocycles. The summed E-state index contributed by atoms with van der Waals surface area (Å²) >= 11 is 0. The summed E-state index contributed by atoms with van der Waals surface area (Å²) in [6.45, 7) is 10.5. The summed E-state index contributed by atoms with van der Waals surface area (Å²) in [5.74, 6) is 0.499. The minimum Gasteiger partial charge on any atom is -0.384 e. The molecule has 0 bridgehead atoms. The van der Waals surface area contributed by atoms with E-state index >= 15 is 0 Å². The molecule has 0 amide bonds. The fourth-order valence-electron chi connectivity index (χ4n) is 5.39. The largest absolute Gasteiger partial charge is 0.384 e. The maximum Gasteiger partial charge on any atom is 0.111 e. The summed E-state index contributed by atoms with van der Waals surface area (Å²) in [7, 11) is 0. The Labute approximate surface area is 140 Å². The predicted molar refractivity (Wildman–Crippen MR) is 94.4 cm³/mol. The second kappa shape index (κ2) is 5.03. The first-order valence-corrected chi connectivity index (χ1v) is 8.92. The Morgan fingerprint density at radius 3 is 2.57 bits per heavy atom. The first-order valence-electron chi connectivity index (χ1n) is 8.92. The molecule has 0 saturated heterocycles. The van der Waals surface area contributed by atoms with Gasteiger partial charge in [0.05, 0.1) is 5.71 Å². The van der Waals surface area contributed by atoms with E-state index in [0.29, 0.717) is 11.6 Å². The highest BCUT2D eigenvalue weighted by Crippen LogP contribution is 2.63. The van der Waals surface area contributed by atoms with Crippen molar-refractivity contribution in [2.45, 2.75) is 77.9 Å². The van der Waals surface area contributed by atoms with Crippen molar-refractivity contribution in [3.05, 3.63) is 23.9 Å². The summed E-state index contributed by atoms with van der Waals surface area (Å²) in [5, 5.41) is 22.1. The molecule has 23 heavy (non-hydrogen) atoms. The van der Waals surface area contributed by atoms with Crippen molar-refractivity contribution >= 4 is 5.71 Å². The quantitative estimate of drug-likeness (QED) is 0.768. The van der Waals surface area contributed by atoms with E-state index in [4.69, 9.17) is 0 Å². The molecule has 3 heteroatoms. The average molecular weight is 317 g/mol. The molecule has 0 radical (unpaired) electrons. The van der Waals surface area contributed by atoms with E-state index in [-0.39, 0.29) is 10.8 Å². The molecule has 0 spiro atoms. The molecule has 2 fully saturated rings. The van der Waals surface area contributed by atoms with E-state index in [2.05, 4.69) is 25.8 Å². The molecule has 0 aromatic rings. The minimum absolute atomic E-state index is 0.167. The molecule has 3 aliphatic rings. The van der Waals surface area contributed by atoms with Gasteiger partial charge >= 0.3 is 0 Å². The van der Waals surface area contributed by atoms with Crippen LogP contribution in [0, 0.1) is 16.7 Å². The first-order chi connectivity index (χ1) is 10.5. The molecule has 0 unspecified atom stereocenters. The van der Waals surface area contributed by atoms with E-state index in [1.54, 1.807) is 20.0 Å². The molecular formula is C20H31NO2. The van der Waals surface area contributed by atoms with Gasteiger partial charge in [-0.1, -0.05) is 27.2 Å². The van der Waals surface area contributed by atoms with Crippen LogP contribution in [0.25, 0.3) is 0 Å². The number of nitrogens with zero attached hydrogens (tertiary/aromatic N) is 1. The van der Waals surface area contributed by atoms with Gasteiger partial charge in [0, 0.05) is 11.6 Å². The van der Waals surface area contributed by atoms with Crippen LogP contribution in [0.1, 0.15) is 66.7 Å². The van der Waals surface area contributed by atoms with E-state index in [0.717, 1.165) is 31.3 Å². The van der Waals surface area contributed by atoms with E-state index in [9.17, 15) is 10.2 Å². The molecule has 1 aliphatic heterocycles. The Morgan fingerprint density at radius 1 is 1.22 bits per heavy atom. The predicted octanol–water partition coefficient (Wildman–Crippen LogP) is 4.01. The van der Waals surface area contributed by atoms with Crippen molar-refractivity contribution in [1.29, 1.82) is 0 Å². The van der Waals surface area contributed by atoms with Gasteiger partial charge in [0.15, 0.2) is 0 Å². The highest BCUT2D eigenvalue weighted by molar-refractivity contribution is 6.02. The number of aliphatic imine (C=N–C) groups is 1. The summed E-state index contributed by atoms with van der Waals surface area (Å²) in [4.78, 5) is 4.42.